The number of aromatic nitrogens is 2. The van der Waals surface area contributed by atoms with E-state index in [-0.39, 0.29) is 5.91 Å². The van der Waals surface area contributed by atoms with Crippen LogP contribution in [0, 0.1) is 20.8 Å². The SMILES string of the molecule is Cc1ccc2nc(-c3cccc(NC(=O)c4ccc(C)c(C)c4)c3)cn2c1. The summed E-state index contributed by atoms with van der Waals surface area (Å²) in [6.45, 7) is 6.11. The van der Waals surface area contributed by atoms with Crippen molar-refractivity contribution in [1.29, 1.82) is 0 Å². The molecule has 0 radical (unpaired) electrons. The Morgan fingerprint density at radius 3 is 2.59 bits per heavy atom. The number of carbonyl (C=O) groups excluding carboxylic acids is 1. The average molecular weight is 355 g/mol. The van der Waals surface area contributed by atoms with Gasteiger partial charge in [-0.15, -0.1) is 0 Å². The fourth-order valence-corrected chi connectivity index (χ4v) is 3.08. The monoisotopic (exact) mass is 355 g/mol. The molecule has 1 N–H and O–H groups in total. The normalized spacial score (nSPS) is 10.9. The molecule has 0 aliphatic heterocycles. The van der Waals surface area contributed by atoms with E-state index in [1.165, 1.54) is 11.1 Å². The molecule has 134 valence electrons. The van der Waals surface area contributed by atoms with Crippen molar-refractivity contribution in [3.8, 4) is 11.3 Å². The molecule has 1 amide bonds. The number of aryl methyl sites for hydroxylation is 3. The average Bonchev–Trinajstić information content (AvgIpc) is 3.07. The van der Waals surface area contributed by atoms with Crippen molar-refractivity contribution in [2.45, 2.75) is 20.8 Å². The fraction of sp³-hybridized carbons (Fsp3) is 0.130. The van der Waals surface area contributed by atoms with Gasteiger partial charge in [0, 0.05) is 29.2 Å². The van der Waals surface area contributed by atoms with Crippen molar-refractivity contribution in [2.24, 2.45) is 0 Å². The van der Waals surface area contributed by atoms with E-state index in [9.17, 15) is 4.79 Å². The highest BCUT2D eigenvalue weighted by Gasteiger charge is 2.09. The first kappa shape index (κ1) is 17.0. The van der Waals surface area contributed by atoms with Gasteiger partial charge in [0.15, 0.2) is 0 Å². The molecule has 0 atom stereocenters. The minimum atomic E-state index is -0.110. The number of anilines is 1. The van der Waals surface area contributed by atoms with Gasteiger partial charge < -0.3 is 9.72 Å². The molecule has 0 saturated heterocycles. The second-order valence-electron chi connectivity index (χ2n) is 6.93. The van der Waals surface area contributed by atoms with Crippen LogP contribution in [0.15, 0.2) is 67.0 Å². The minimum absolute atomic E-state index is 0.110. The largest absolute Gasteiger partial charge is 0.322 e. The molecule has 4 nitrogen and oxygen atoms in total. The van der Waals surface area contributed by atoms with Crippen LogP contribution in [0.3, 0.4) is 0 Å². The third kappa shape index (κ3) is 3.47. The highest BCUT2D eigenvalue weighted by Crippen LogP contribution is 2.23. The van der Waals surface area contributed by atoms with E-state index in [1.54, 1.807) is 0 Å². The topological polar surface area (TPSA) is 46.4 Å². The van der Waals surface area contributed by atoms with Crippen LogP contribution in [-0.2, 0) is 0 Å². The fourth-order valence-electron chi connectivity index (χ4n) is 3.08. The Bertz CT molecular complexity index is 1160. The zero-order valence-electron chi connectivity index (χ0n) is 15.7. The van der Waals surface area contributed by atoms with Crippen molar-refractivity contribution in [2.75, 3.05) is 5.32 Å². The molecule has 2 aromatic carbocycles. The summed E-state index contributed by atoms with van der Waals surface area (Å²) in [5, 5.41) is 2.98. The number of nitrogens with one attached hydrogen (secondary N) is 1. The standard InChI is InChI=1S/C23H21N3O/c1-15-7-10-22-25-21(14-26(22)13-15)18-5-4-6-20(12-18)24-23(27)19-9-8-16(2)17(3)11-19/h4-14H,1-3H3,(H,24,27). The van der Waals surface area contributed by atoms with Gasteiger partial charge in [0.1, 0.15) is 5.65 Å². The molecule has 4 heteroatoms. The van der Waals surface area contributed by atoms with E-state index in [4.69, 9.17) is 0 Å². The maximum absolute atomic E-state index is 12.6. The molecule has 0 bridgehead atoms. The van der Waals surface area contributed by atoms with E-state index in [0.717, 1.165) is 28.2 Å². The van der Waals surface area contributed by atoms with E-state index in [1.807, 2.05) is 79.0 Å². The third-order valence-electron chi connectivity index (χ3n) is 4.78. The number of hydrogen-bond donors (Lipinski definition) is 1. The van der Waals surface area contributed by atoms with Crippen molar-refractivity contribution < 1.29 is 4.79 Å². The zero-order valence-corrected chi connectivity index (χ0v) is 15.7. The number of pyridine rings is 1. The number of rotatable bonds is 3. The Morgan fingerprint density at radius 2 is 1.78 bits per heavy atom. The summed E-state index contributed by atoms with van der Waals surface area (Å²) < 4.78 is 2.02. The maximum atomic E-state index is 12.6. The van der Waals surface area contributed by atoms with E-state index in [2.05, 4.69) is 23.4 Å². The number of carbonyl (C=O) groups is 1. The summed E-state index contributed by atoms with van der Waals surface area (Å²) in [5.41, 5.74) is 7.63. The number of benzene rings is 2. The molecule has 2 heterocycles. The Balaban J connectivity index is 1.61. The van der Waals surface area contributed by atoms with Gasteiger partial charge in [-0.2, -0.15) is 0 Å². The molecule has 0 spiro atoms. The van der Waals surface area contributed by atoms with Crippen LogP contribution in [-0.4, -0.2) is 15.3 Å². The van der Waals surface area contributed by atoms with Gasteiger partial charge in [-0.1, -0.05) is 24.3 Å². The van der Waals surface area contributed by atoms with Crippen LogP contribution in [0.25, 0.3) is 16.9 Å². The van der Waals surface area contributed by atoms with Gasteiger partial charge in [0.2, 0.25) is 0 Å². The second kappa shape index (κ2) is 6.72. The van der Waals surface area contributed by atoms with E-state index in [0.29, 0.717) is 5.56 Å². The number of amides is 1. The predicted molar refractivity (Wildman–Crippen MR) is 109 cm³/mol. The molecule has 0 unspecified atom stereocenters. The first-order valence-corrected chi connectivity index (χ1v) is 8.94. The number of fused-ring (bicyclic) bond motifs is 1. The quantitative estimate of drug-likeness (QED) is 0.550. The van der Waals surface area contributed by atoms with Crippen molar-refractivity contribution in [3.63, 3.8) is 0 Å². The lowest BCUT2D eigenvalue weighted by molar-refractivity contribution is 0.102. The molecular weight excluding hydrogens is 334 g/mol. The highest BCUT2D eigenvalue weighted by molar-refractivity contribution is 6.04. The molecular formula is C23H21N3O. The van der Waals surface area contributed by atoms with Gasteiger partial charge in [-0.25, -0.2) is 4.98 Å². The Morgan fingerprint density at radius 1 is 0.926 bits per heavy atom. The summed E-state index contributed by atoms with van der Waals surface area (Å²) in [6, 6.07) is 17.6. The van der Waals surface area contributed by atoms with Crippen LogP contribution in [0.2, 0.25) is 0 Å². The number of hydrogen-bond acceptors (Lipinski definition) is 2. The summed E-state index contributed by atoms with van der Waals surface area (Å²) in [7, 11) is 0. The lowest BCUT2D eigenvalue weighted by atomic mass is 10.1. The minimum Gasteiger partial charge on any atom is -0.322 e. The Hall–Kier alpha value is -3.40. The summed E-state index contributed by atoms with van der Waals surface area (Å²) in [5.74, 6) is -0.110. The van der Waals surface area contributed by atoms with Gasteiger partial charge in [0.05, 0.1) is 5.69 Å². The van der Waals surface area contributed by atoms with Gasteiger partial charge in [-0.05, 0) is 67.8 Å². The van der Waals surface area contributed by atoms with Gasteiger partial charge in [0.25, 0.3) is 5.91 Å². The van der Waals surface area contributed by atoms with Crippen LogP contribution in [0.1, 0.15) is 27.0 Å². The Labute approximate surface area is 158 Å². The smallest absolute Gasteiger partial charge is 0.255 e. The third-order valence-corrected chi connectivity index (χ3v) is 4.78. The van der Waals surface area contributed by atoms with Crippen molar-refractivity contribution in [1.82, 2.24) is 9.38 Å². The summed E-state index contributed by atoms with van der Waals surface area (Å²) >= 11 is 0. The van der Waals surface area contributed by atoms with Crippen LogP contribution in [0.5, 0.6) is 0 Å². The van der Waals surface area contributed by atoms with Crippen LogP contribution in [0.4, 0.5) is 5.69 Å². The Kier molecular flexibility index (Phi) is 4.24. The van der Waals surface area contributed by atoms with E-state index >= 15 is 0 Å². The van der Waals surface area contributed by atoms with Gasteiger partial charge in [-0.3, -0.25) is 4.79 Å². The summed E-state index contributed by atoms with van der Waals surface area (Å²) in [4.78, 5) is 17.2. The van der Waals surface area contributed by atoms with Crippen LogP contribution >= 0.6 is 0 Å². The van der Waals surface area contributed by atoms with Crippen molar-refractivity contribution in [3.05, 3.63) is 89.2 Å². The first-order chi connectivity index (χ1) is 13.0. The molecule has 2 aromatic heterocycles. The molecule has 0 aliphatic rings. The molecule has 0 saturated carbocycles. The maximum Gasteiger partial charge on any atom is 0.255 e. The van der Waals surface area contributed by atoms with Crippen LogP contribution < -0.4 is 5.32 Å². The second-order valence-corrected chi connectivity index (χ2v) is 6.93. The zero-order chi connectivity index (χ0) is 19.0. The highest BCUT2D eigenvalue weighted by atomic mass is 16.1. The first-order valence-electron chi connectivity index (χ1n) is 8.94. The molecule has 27 heavy (non-hydrogen) atoms. The summed E-state index contributed by atoms with van der Waals surface area (Å²) in [6.07, 6.45) is 4.06. The number of nitrogens with zero attached hydrogens (tertiary/aromatic N) is 2. The van der Waals surface area contributed by atoms with Gasteiger partial charge >= 0.3 is 0 Å². The van der Waals surface area contributed by atoms with E-state index < -0.39 is 0 Å². The number of imidazole rings is 1. The molecule has 0 fully saturated rings. The lowest BCUT2D eigenvalue weighted by Gasteiger charge is -2.08. The lowest BCUT2D eigenvalue weighted by Crippen LogP contribution is -2.12. The molecule has 0 aliphatic carbocycles. The predicted octanol–water partition coefficient (Wildman–Crippen LogP) is 5.18. The van der Waals surface area contributed by atoms with Crippen molar-refractivity contribution >= 4 is 17.2 Å². The molecule has 4 aromatic rings. The molecule has 4 rings (SSSR count).